The summed E-state index contributed by atoms with van der Waals surface area (Å²) < 4.78 is 10.6. The van der Waals surface area contributed by atoms with Crippen molar-refractivity contribution >= 4 is 23.8 Å². The Labute approximate surface area is 198 Å². The van der Waals surface area contributed by atoms with E-state index in [9.17, 15) is 19.2 Å². The lowest BCUT2D eigenvalue weighted by molar-refractivity contribution is -0.155. The van der Waals surface area contributed by atoms with E-state index in [4.69, 9.17) is 9.47 Å². The molecule has 0 saturated carbocycles. The Bertz CT molecular complexity index is 1100. The number of carbonyl (C=O) groups excluding carboxylic acids is 4. The van der Waals surface area contributed by atoms with Gasteiger partial charge >= 0.3 is 11.9 Å². The molecule has 2 fully saturated rings. The van der Waals surface area contributed by atoms with Gasteiger partial charge in [0, 0.05) is 12.6 Å². The molecule has 8 nitrogen and oxygen atoms in total. The van der Waals surface area contributed by atoms with Crippen molar-refractivity contribution in [3.8, 4) is 0 Å². The number of nitrogens with one attached hydrogen (secondary N) is 1. The zero-order valence-electron chi connectivity index (χ0n) is 19.4. The van der Waals surface area contributed by atoms with Crippen LogP contribution in [0.25, 0.3) is 0 Å². The lowest BCUT2D eigenvalue weighted by Crippen LogP contribution is -2.54. The van der Waals surface area contributed by atoms with E-state index in [0.717, 1.165) is 5.56 Å². The largest absolute Gasteiger partial charge is 0.465 e. The van der Waals surface area contributed by atoms with Crippen LogP contribution in [0, 0.1) is 11.8 Å². The molecule has 2 heterocycles. The maximum Gasteiger partial charge on any atom is 0.338 e. The molecule has 0 aromatic heterocycles. The Hall–Kier alpha value is -3.52. The molecule has 2 aliphatic heterocycles. The zero-order chi connectivity index (χ0) is 24.5. The Balaban J connectivity index is 1.57. The molecule has 1 N–H and O–H groups in total. The van der Waals surface area contributed by atoms with Crippen molar-refractivity contribution in [2.45, 2.75) is 39.0 Å². The van der Waals surface area contributed by atoms with Crippen molar-refractivity contribution in [1.82, 2.24) is 10.2 Å². The second-order valence-corrected chi connectivity index (χ2v) is 8.65. The standard InChI is InChI=1S/C26H28N2O6/c1-4-28-22(29)19-20(23(28)30)26(3,25(32)33-5-2)27-21(19)17-11-13-18(14-12-17)24(31)34-15-16-9-7-6-8-10-16/h6-14,19-21,27H,4-5,15H2,1-3H3/t19?,20?,21-,26-/m1/s1. The van der Waals surface area contributed by atoms with Gasteiger partial charge in [0.25, 0.3) is 0 Å². The van der Waals surface area contributed by atoms with Gasteiger partial charge in [-0.3, -0.25) is 24.6 Å². The highest BCUT2D eigenvalue weighted by atomic mass is 16.5. The molecular weight excluding hydrogens is 436 g/mol. The lowest BCUT2D eigenvalue weighted by atomic mass is 9.80. The van der Waals surface area contributed by atoms with Gasteiger partial charge in [0.1, 0.15) is 12.1 Å². The quantitative estimate of drug-likeness (QED) is 0.496. The molecule has 2 aromatic rings. The van der Waals surface area contributed by atoms with E-state index >= 15 is 0 Å². The van der Waals surface area contributed by atoms with E-state index in [0.29, 0.717) is 11.1 Å². The van der Waals surface area contributed by atoms with Gasteiger partial charge in [-0.2, -0.15) is 0 Å². The van der Waals surface area contributed by atoms with E-state index in [2.05, 4.69) is 5.32 Å². The molecule has 2 aromatic carbocycles. The first-order valence-corrected chi connectivity index (χ1v) is 11.4. The number of imide groups is 1. The molecule has 2 saturated heterocycles. The monoisotopic (exact) mass is 464 g/mol. The van der Waals surface area contributed by atoms with Gasteiger partial charge in [-0.25, -0.2) is 4.79 Å². The average Bonchev–Trinajstić information content (AvgIpc) is 3.31. The highest BCUT2D eigenvalue weighted by molar-refractivity contribution is 6.09. The van der Waals surface area contributed by atoms with Crippen LogP contribution >= 0.6 is 0 Å². The summed E-state index contributed by atoms with van der Waals surface area (Å²) in [5, 5.41) is 3.21. The lowest BCUT2D eigenvalue weighted by Gasteiger charge is -2.28. The number of hydrogen-bond donors (Lipinski definition) is 1. The van der Waals surface area contributed by atoms with Crippen LogP contribution in [0.2, 0.25) is 0 Å². The van der Waals surface area contributed by atoms with Crippen molar-refractivity contribution in [2.24, 2.45) is 11.8 Å². The molecule has 8 heteroatoms. The maximum absolute atomic E-state index is 13.1. The fourth-order valence-electron chi connectivity index (χ4n) is 4.90. The predicted octanol–water partition coefficient (Wildman–Crippen LogP) is 2.63. The van der Waals surface area contributed by atoms with Gasteiger partial charge in [0.05, 0.1) is 24.0 Å². The molecule has 0 radical (unpaired) electrons. The summed E-state index contributed by atoms with van der Waals surface area (Å²) in [5.74, 6) is -3.31. The van der Waals surface area contributed by atoms with E-state index in [1.165, 1.54) is 4.90 Å². The molecule has 2 aliphatic rings. The van der Waals surface area contributed by atoms with Gasteiger partial charge in [0.15, 0.2) is 0 Å². The topological polar surface area (TPSA) is 102 Å². The number of rotatable bonds is 7. The Morgan fingerprint density at radius 3 is 2.26 bits per heavy atom. The van der Waals surface area contributed by atoms with Crippen molar-refractivity contribution in [2.75, 3.05) is 13.2 Å². The first-order chi connectivity index (χ1) is 16.3. The normalized spacial score (nSPS) is 25.9. The molecule has 0 aliphatic carbocycles. The van der Waals surface area contributed by atoms with Crippen LogP contribution in [-0.2, 0) is 30.5 Å². The van der Waals surface area contributed by atoms with Gasteiger partial charge in [-0.15, -0.1) is 0 Å². The second kappa shape index (κ2) is 9.38. The number of likely N-dealkylation sites (tertiary alicyclic amines) is 1. The first kappa shape index (κ1) is 23.6. The van der Waals surface area contributed by atoms with Crippen LogP contribution in [0.4, 0.5) is 0 Å². The van der Waals surface area contributed by atoms with Gasteiger partial charge in [-0.1, -0.05) is 42.5 Å². The molecule has 0 spiro atoms. The van der Waals surface area contributed by atoms with E-state index in [-0.39, 0.29) is 31.6 Å². The highest BCUT2D eigenvalue weighted by Gasteiger charge is 2.66. The number of hydrogen-bond acceptors (Lipinski definition) is 7. The predicted molar refractivity (Wildman–Crippen MR) is 122 cm³/mol. The number of benzene rings is 2. The minimum Gasteiger partial charge on any atom is -0.465 e. The third-order valence-corrected chi connectivity index (χ3v) is 6.61. The summed E-state index contributed by atoms with van der Waals surface area (Å²) in [6, 6.07) is 15.5. The van der Waals surface area contributed by atoms with Crippen LogP contribution in [0.1, 0.15) is 48.3 Å². The number of esters is 2. The summed E-state index contributed by atoms with van der Waals surface area (Å²) >= 11 is 0. The molecule has 4 atom stereocenters. The molecule has 2 unspecified atom stereocenters. The van der Waals surface area contributed by atoms with Crippen molar-refractivity contribution in [3.63, 3.8) is 0 Å². The Kier molecular flexibility index (Phi) is 6.52. The summed E-state index contributed by atoms with van der Waals surface area (Å²) in [6.45, 7) is 5.61. The Morgan fingerprint density at radius 1 is 0.971 bits per heavy atom. The van der Waals surface area contributed by atoms with Crippen LogP contribution in [0.5, 0.6) is 0 Å². The van der Waals surface area contributed by atoms with Gasteiger partial charge < -0.3 is 9.47 Å². The minimum atomic E-state index is -1.34. The van der Waals surface area contributed by atoms with Crippen molar-refractivity contribution < 1.29 is 28.7 Å². The number of carbonyl (C=O) groups is 4. The molecule has 178 valence electrons. The number of amides is 2. The SMILES string of the molecule is CCOC(=O)[C@]1(C)N[C@H](c2ccc(C(=O)OCc3ccccc3)cc2)C2C(=O)N(CC)C(=O)C21. The van der Waals surface area contributed by atoms with Crippen LogP contribution in [-0.4, -0.2) is 47.3 Å². The van der Waals surface area contributed by atoms with E-state index in [1.54, 1.807) is 45.0 Å². The van der Waals surface area contributed by atoms with Crippen molar-refractivity contribution in [3.05, 3.63) is 71.3 Å². The average molecular weight is 465 g/mol. The van der Waals surface area contributed by atoms with Gasteiger partial charge in [0.2, 0.25) is 11.8 Å². The number of fused-ring (bicyclic) bond motifs is 1. The van der Waals surface area contributed by atoms with Crippen LogP contribution < -0.4 is 5.32 Å². The summed E-state index contributed by atoms with van der Waals surface area (Å²) in [7, 11) is 0. The Morgan fingerprint density at radius 2 is 1.65 bits per heavy atom. The van der Waals surface area contributed by atoms with Crippen molar-refractivity contribution in [1.29, 1.82) is 0 Å². The number of ether oxygens (including phenoxy) is 2. The molecule has 34 heavy (non-hydrogen) atoms. The zero-order valence-corrected chi connectivity index (χ0v) is 19.4. The van der Waals surface area contributed by atoms with Gasteiger partial charge in [-0.05, 0) is 44.0 Å². The van der Waals surface area contributed by atoms with Crippen LogP contribution in [0.15, 0.2) is 54.6 Å². The smallest absolute Gasteiger partial charge is 0.338 e. The fraction of sp³-hybridized carbons (Fsp3) is 0.385. The number of nitrogens with zero attached hydrogens (tertiary/aromatic N) is 1. The fourth-order valence-corrected chi connectivity index (χ4v) is 4.90. The third kappa shape index (κ3) is 3.98. The highest BCUT2D eigenvalue weighted by Crippen LogP contribution is 2.49. The maximum atomic E-state index is 13.1. The van der Waals surface area contributed by atoms with E-state index < -0.39 is 35.4 Å². The molecule has 2 amide bonds. The first-order valence-electron chi connectivity index (χ1n) is 11.4. The van der Waals surface area contributed by atoms with E-state index in [1.807, 2.05) is 30.3 Å². The minimum absolute atomic E-state index is 0.163. The molecular formula is C26H28N2O6. The van der Waals surface area contributed by atoms with Crippen LogP contribution in [0.3, 0.4) is 0 Å². The molecule has 4 rings (SSSR count). The summed E-state index contributed by atoms with van der Waals surface area (Å²) in [4.78, 5) is 52.7. The third-order valence-electron chi connectivity index (χ3n) is 6.61. The second-order valence-electron chi connectivity index (χ2n) is 8.65. The summed E-state index contributed by atoms with van der Waals surface area (Å²) in [5.41, 5.74) is 0.611. The molecule has 0 bridgehead atoms. The summed E-state index contributed by atoms with van der Waals surface area (Å²) in [6.07, 6.45) is 0.